The molecule has 1 atom stereocenters. The van der Waals surface area contributed by atoms with E-state index < -0.39 is 30.0 Å². The molecule has 6 nitrogen and oxygen atoms in total. The minimum absolute atomic E-state index is 0.108. The van der Waals surface area contributed by atoms with E-state index in [9.17, 15) is 22.8 Å². The van der Waals surface area contributed by atoms with Gasteiger partial charge in [0.2, 0.25) is 5.91 Å². The molecule has 0 aromatic heterocycles. The molecule has 1 aliphatic rings. The van der Waals surface area contributed by atoms with Crippen molar-refractivity contribution < 1.29 is 27.5 Å². The van der Waals surface area contributed by atoms with E-state index >= 15 is 0 Å². The van der Waals surface area contributed by atoms with Crippen LogP contribution in [-0.4, -0.2) is 30.8 Å². The van der Waals surface area contributed by atoms with Gasteiger partial charge >= 0.3 is 6.36 Å². The van der Waals surface area contributed by atoms with Crippen LogP contribution in [0.15, 0.2) is 24.3 Å². The number of ether oxygens (including phenoxy) is 1. The van der Waals surface area contributed by atoms with Crippen molar-refractivity contribution in [2.24, 2.45) is 5.92 Å². The van der Waals surface area contributed by atoms with E-state index in [1.165, 1.54) is 12.1 Å². The fraction of sp³-hybridized carbons (Fsp3) is 0.526. The highest BCUT2D eigenvalue weighted by atomic mass is 19.4. The van der Waals surface area contributed by atoms with Crippen LogP contribution in [0, 0.1) is 17.2 Å². The molecule has 0 radical (unpaired) electrons. The van der Waals surface area contributed by atoms with Gasteiger partial charge in [0.1, 0.15) is 18.3 Å². The van der Waals surface area contributed by atoms with Crippen LogP contribution in [0.25, 0.3) is 0 Å². The molecule has 0 saturated heterocycles. The quantitative estimate of drug-likeness (QED) is 0.691. The molecule has 0 bridgehead atoms. The SMILES string of the molecule is N#CCNC(=O)C(CC1CCCCC1)NC(=O)c1ccc(OC(F)(F)F)cc1. The van der Waals surface area contributed by atoms with Crippen molar-refractivity contribution in [3.63, 3.8) is 0 Å². The number of amides is 2. The third-order valence-electron chi connectivity index (χ3n) is 4.61. The van der Waals surface area contributed by atoms with Crippen LogP contribution in [-0.2, 0) is 4.79 Å². The summed E-state index contributed by atoms with van der Waals surface area (Å²) in [4.78, 5) is 24.8. The molecule has 1 fully saturated rings. The third-order valence-corrected chi connectivity index (χ3v) is 4.61. The van der Waals surface area contributed by atoms with E-state index in [-0.39, 0.29) is 12.1 Å². The van der Waals surface area contributed by atoms with Gasteiger partial charge in [0.15, 0.2) is 0 Å². The number of carbonyl (C=O) groups is 2. The average molecular weight is 397 g/mol. The zero-order valence-corrected chi connectivity index (χ0v) is 15.2. The predicted octanol–water partition coefficient (Wildman–Crippen LogP) is 3.29. The highest BCUT2D eigenvalue weighted by Crippen LogP contribution is 2.27. The van der Waals surface area contributed by atoms with Gasteiger partial charge in [-0.15, -0.1) is 13.2 Å². The second-order valence-electron chi connectivity index (χ2n) is 6.71. The topological polar surface area (TPSA) is 91.2 Å². The lowest BCUT2D eigenvalue weighted by molar-refractivity contribution is -0.274. The zero-order valence-electron chi connectivity index (χ0n) is 15.2. The number of hydrogen-bond acceptors (Lipinski definition) is 4. The standard InChI is InChI=1S/C19H22F3N3O3/c20-19(21,22)28-15-8-6-14(7-9-15)17(26)25-16(18(27)24-11-10-23)12-13-4-2-1-3-5-13/h6-9,13,16H,1-5,11-12H2,(H,24,27)(H,25,26). The Hall–Kier alpha value is -2.76. The van der Waals surface area contributed by atoms with Crippen LogP contribution in [0.4, 0.5) is 13.2 Å². The second-order valence-corrected chi connectivity index (χ2v) is 6.71. The molecular formula is C19H22F3N3O3. The number of hydrogen-bond donors (Lipinski definition) is 2. The zero-order chi connectivity index (χ0) is 20.6. The minimum atomic E-state index is -4.81. The van der Waals surface area contributed by atoms with Gasteiger partial charge in [-0.05, 0) is 36.6 Å². The van der Waals surface area contributed by atoms with Crippen LogP contribution in [0.1, 0.15) is 48.9 Å². The van der Waals surface area contributed by atoms with Crippen molar-refractivity contribution in [2.45, 2.75) is 50.9 Å². The molecule has 0 heterocycles. The molecule has 2 rings (SSSR count). The Bertz CT molecular complexity index is 708. The van der Waals surface area contributed by atoms with Crippen molar-refractivity contribution >= 4 is 11.8 Å². The summed E-state index contributed by atoms with van der Waals surface area (Å²) < 4.78 is 40.4. The van der Waals surface area contributed by atoms with Crippen molar-refractivity contribution in [3.8, 4) is 11.8 Å². The number of nitriles is 1. The minimum Gasteiger partial charge on any atom is -0.406 e. The smallest absolute Gasteiger partial charge is 0.406 e. The van der Waals surface area contributed by atoms with E-state index in [1.54, 1.807) is 0 Å². The van der Waals surface area contributed by atoms with Crippen LogP contribution in [0.3, 0.4) is 0 Å². The second kappa shape index (κ2) is 9.97. The lowest BCUT2D eigenvalue weighted by Gasteiger charge is -2.26. The van der Waals surface area contributed by atoms with Crippen molar-refractivity contribution in [3.05, 3.63) is 29.8 Å². The fourth-order valence-corrected chi connectivity index (χ4v) is 3.29. The van der Waals surface area contributed by atoms with Crippen molar-refractivity contribution in [1.29, 1.82) is 5.26 Å². The van der Waals surface area contributed by atoms with E-state index in [2.05, 4.69) is 15.4 Å². The molecule has 1 aromatic rings. The summed E-state index contributed by atoms with van der Waals surface area (Å²) >= 11 is 0. The summed E-state index contributed by atoms with van der Waals surface area (Å²) in [7, 11) is 0. The molecule has 0 aliphatic heterocycles. The molecule has 1 unspecified atom stereocenters. The van der Waals surface area contributed by atoms with Crippen LogP contribution in [0.2, 0.25) is 0 Å². The molecule has 9 heteroatoms. The highest BCUT2D eigenvalue weighted by molar-refractivity contribution is 5.97. The molecule has 2 N–H and O–H groups in total. The Morgan fingerprint density at radius 2 is 1.82 bits per heavy atom. The number of rotatable bonds is 7. The molecule has 1 saturated carbocycles. The van der Waals surface area contributed by atoms with Crippen molar-refractivity contribution in [2.75, 3.05) is 6.54 Å². The molecule has 28 heavy (non-hydrogen) atoms. The monoisotopic (exact) mass is 397 g/mol. The number of nitrogens with one attached hydrogen (secondary N) is 2. The van der Waals surface area contributed by atoms with E-state index in [0.717, 1.165) is 44.2 Å². The fourth-order valence-electron chi connectivity index (χ4n) is 3.29. The number of alkyl halides is 3. The van der Waals surface area contributed by atoms with Crippen LogP contribution < -0.4 is 15.4 Å². The van der Waals surface area contributed by atoms with Gasteiger partial charge < -0.3 is 15.4 Å². The third kappa shape index (κ3) is 7.10. The van der Waals surface area contributed by atoms with Crippen LogP contribution >= 0.6 is 0 Å². The molecule has 1 aromatic carbocycles. The average Bonchev–Trinajstić information content (AvgIpc) is 2.65. The van der Waals surface area contributed by atoms with E-state index in [0.29, 0.717) is 12.3 Å². The van der Waals surface area contributed by atoms with Crippen LogP contribution in [0.5, 0.6) is 5.75 Å². The summed E-state index contributed by atoms with van der Waals surface area (Å²) in [5.74, 6) is -1.16. The summed E-state index contributed by atoms with van der Waals surface area (Å²) in [5.41, 5.74) is 0.108. The van der Waals surface area contributed by atoms with Gasteiger partial charge in [0, 0.05) is 5.56 Å². The van der Waals surface area contributed by atoms with Gasteiger partial charge in [-0.3, -0.25) is 9.59 Å². The first-order valence-electron chi connectivity index (χ1n) is 9.10. The first-order chi connectivity index (χ1) is 13.3. The lowest BCUT2D eigenvalue weighted by Crippen LogP contribution is -2.48. The Morgan fingerprint density at radius 1 is 1.18 bits per heavy atom. The highest BCUT2D eigenvalue weighted by Gasteiger charge is 2.31. The Morgan fingerprint density at radius 3 is 2.39 bits per heavy atom. The Kier molecular flexibility index (Phi) is 7.67. The lowest BCUT2D eigenvalue weighted by atomic mass is 9.84. The first-order valence-corrected chi connectivity index (χ1v) is 9.10. The molecule has 152 valence electrons. The van der Waals surface area contributed by atoms with Crippen molar-refractivity contribution in [1.82, 2.24) is 10.6 Å². The number of carbonyl (C=O) groups excluding carboxylic acids is 2. The summed E-state index contributed by atoms with van der Waals surface area (Å²) in [5, 5.41) is 13.7. The first kappa shape index (κ1) is 21.5. The predicted molar refractivity (Wildman–Crippen MR) is 94.2 cm³/mol. The molecular weight excluding hydrogens is 375 g/mol. The summed E-state index contributed by atoms with van der Waals surface area (Å²) in [6, 6.07) is 5.47. The van der Waals surface area contributed by atoms with Gasteiger partial charge in [-0.1, -0.05) is 32.1 Å². The Labute approximate surface area is 161 Å². The maximum atomic E-state index is 12.5. The largest absolute Gasteiger partial charge is 0.573 e. The summed E-state index contributed by atoms with van der Waals surface area (Å²) in [6.45, 7) is -0.167. The number of benzene rings is 1. The molecule has 2 amide bonds. The molecule has 1 aliphatic carbocycles. The van der Waals surface area contributed by atoms with Gasteiger partial charge in [-0.25, -0.2) is 0 Å². The number of nitrogens with zero attached hydrogens (tertiary/aromatic N) is 1. The van der Waals surface area contributed by atoms with E-state index in [4.69, 9.17) is 5.26 Å². The van der Waals surface area contributed by atoms with Gasteiger partial charge in [0.05, 0.1) is 6.07 Å². The van der Waals surface area contributed by atoms with E-state index in [1.807, 2.05) is 6.07 Å². The van der Waals surface area contributed by atoms with Gasteiger partial charge in [0.25, 0.3) is 5.91 Å². The Balaban J connectivity index is 2.03. The number of halogens is 3. The normalized spacial score (nSPS) is 15.9. The maximum Gasteiger partial charge on any atom is 0.573 e. The summed E-state index contributed by atoms with van der Waals surface area (Å²) in [6.07, 6.45) is 0.896. The molecule has 0 spiro atoms. The maximum absolute atomic E-state index is 12.5. The van der Waals surface area contributed by atoms with Gasteiger partial charge in [-0.2, -0.15) is 5.26 Å².